The summed E-state index contributed by atoms with van der Waals surface area (Å²) in [6.07, 6.45) is 0.153. The van der Waals surface area contributed by atoms with E-state index in [1.54, 1.807) is 7.11 Å². The molecular formula is C14H21NO4. The molecule has 0 bridgehead atoms. The second kappa shape index (κ2) is 7.99. The third-order valence-electron chi connectivity index (χ3n) is 2.86. The first-order chi connectivity index (χ1) is 9.40. The Bertz CT molecular complexity index is 366. The van der Waals surface area contributed by atoms with E-state index in [1.807, 2.05) is 24.3 Å². The van der Waals surface area contributed by atoms with Crippen LogP contribution < -0.4 is 14.8 Å². The number of benzene rings is 1. The third-order valence-corrected chi connectivity index (χ3v) is 2.86. The maximum absolute atomic E-state index is 5.66. The monoisotopic (exact) mass is 267 g/mol. The van der Waals surface area contributed by atoms with Crippen molar-refractivity contribution in [1.29, 1.82) is 0 Å². The van der Waals surface area contributed by atoms with Crippen molar-refractivity contribution in [2.45, 2.75) is 6.10 Å². The molecule has 0 amide bonds. The van der Waals surface area contributed by atoms with E-state index in [1.165, 1.54) is 0 Å². The van der Waals surface area contributed by atoms with Crippen molar-refractivity contribution in [2.75, 3.05) is 46.6 Å². The lowest BCUT2D eigenvalue weighted by Crippen LogP contribution is -2.38. The number of nitrogens with one attached hydrogen (secondary N) is 1. The van der Waals surface area contributed by atoms with Crippen LogP contribution in [0.4, 0.5) is 0 Å². The molecule has 5 nitrogen and oxygen atoms in total. The zero-order valence-corrected chi connectivity index (χ0v) is 11.3. The van der Waals surface area contributed by atoms with Crippen molar-refractivity contribution < 1.29 is 18.9 Å². The Morgan fingerprint density at radius 1 is 1.26 bits per heavy atom. The van der Waals surface area contributed by atoms with Crippen LogP contribution in [0.25, 0.3) is 0 Å². The Morgan fingerprint density at radius 3 is 2.84 bits per heavy atom. The van der Waals surface area contributed by atoms with Crippen molar-refractivity contribution in [3.8, 4) is 11.5 Å². The summed E-state index contributed by atoms with van der Waals surface area (Å²) in [5, 5.41) is 3.29. The fraction of sp³-hybridized carbons (Fsp3) is 0.571. The summed E-state index contributed by atoms with van der Waals surface area (Å²) < 4.78 is 21.7. The van der Waals surface area contributed by atoms with E-state index < -0.39 is 0 Å². The Kier molecular flexibility index (Phi) is 5.94. The van der Waals surface area contributed by atoms with E-state index in [-0.39, 0.29) is 6.10 Å². The molecule has 1 saturated heterocycles. The van der Waals surface area contributed by atoms with Crippen LogP contribution in [0.2, 0.25) is 0 Å². The van der Waals surface area contributed by atoms with Crippen LogP contribution in [-0.2, 0) is 9.47 Å². The van der Waals surface area contributed by atoms with E-state index in [0.29, 0.717) is 26.4 Å². The number of rotatable bonds is 7. The molecule has 0 aliphatic carbocycles. The highest BCUT2D eigenvalue weighted by Crippen LogP contribution is 2.25. The molecular weight excluding hydrogens is 246 g/mol. The van der Waals surface area contributed by atoms with Crippen molar-refractivity contribution in [1.82, 2.24) is 5.32 Å². The van der Waals surface area contributed by atoms with Crippen LogP contribution in [0.5, 0.6) is 11.5 Å². The molecule has 106 valence electrons. The van der Waals surface area contributed by atoms with Crippen molar-refractivity contribution in [3.63, 3.8) is 0 Å². The molecule has 0 saturated carbocycles. The summed E-state index contributed by atoms with van der Waals surface area (Å²) >= 11 is 0. The SMILES string of the molecule is COc1ccccc1OCCNCC1COCCO1. The minimum atomic E-state index is 0.153. The van der Waals surface area contributed by atoms with E-state index in [0.717, 1.165) is 24.6 Å². The van der Waals surface area contributed by atoms with Gasteiger partial charge in [0, 0.05) is 13.1 Å². The molecule has 1 N–H and O–H groups in total. The zero-order chi connectivity index (χ0) is 13.3. The van der Waals surface area contributed by atoms with Gasteiger partial charge in [0.15, 0.2) is 11.5 Å². The Balaban J connectivity index is 1.61. The van der Waals surface area contributed by atoms with E-state index >= 15 is 0 Å². The van der Waals surface area contributed by atoms with Gasteiger partial charge in [-0.05, 0) is 12.1 Å². The van der Waals surface area contributed by atoms with Gasteiger partial charge in [0.2, 0.25) is 0 Å². The van der Waals surface area contributed by atoms with Crippen LogP contribution >= 0.6 is 0 Å². The highest BCUT2D eigenvalue weighted by Gasteiger charge is 2.13. The van der Waals surface area contributed by atoms with Crippen molar-refractivity contribution >= 4 is 0 Å². The average Bonchev–Trinajstić information content (AvgIpc) is 2.48. The number of hydrogen-bond donors (Lipinski definition) is 1. The molecule has 0 spiro atoms. The van der Waals surface area contributed by atoms with Gasteiger partial charge < -0.3 is 24.3 Å². The Morgan fingerprint density at radius 2 is 2.11 bits per heavy atom. The molecule has 19 heavy (non-hydrogen) atoms. The van der Waals surface area contributed by atoms with Crippen molar-refractivity contribution in [2.24, 2.45) is 0 Å². The first kappa shape index (κ1) is 14.1. The molecule has 1 aromatic rings. The van der Waals surface area contributed by atoms with Gasteiger partial charge in [0.25, 0.3) is 0 Å². The number of methoxy groups -OCH3 is 1. The van der Waals surface area contributed by atoms with Crippen LogP contribution in [0.3, 0.4) is 0 Å². The highest BCUT2D eigenvalue weighted by molar-refractivity contribution is 5.39. The summed E-state index contributed by atoms with van der Waals surface area (Å²) in [4.78, 5) is 0. The van der Waals surface area contributed by atoms with Gasteiger partial charge in [-0.15, -0.1) is 0 Å². The number of ether oxygens (including phenoxy) is 4. The molecule has 2 rings (SSSR count). The summed E-state index contributed by atoms with van der Waals surface area (Å²) in [6, 6.07) is 7.63. The van der Waals surface area contributed by atoms with Gasteiger partial charge in [0.05, 0.1) is 33.0 Å². The normalized spacial score (nSPS) is 19.1. The Hall–Kier alpha value is -1.30. The maximum Gasteiger partial charge on any atom is 0.161 e. The first-order valence-corrected chi connectivity index (χ1v) is 6.56. The topological polar surface area (TPSA) is 49.0 Å². The quantitative estimate of drug-likeness (QED) is 0.749. The van der Waals surface area contributed by atoms with Gasteiger partial charge in [-0.1, -0.05) is 12.1 Å². The van der Waals surface area contributed by atoms with E-state index in [4.69, 9.17) is 18.9 Å². The van der Waals surface area contributed by atoms with Gasteiger partial charge in [-0.2, -0.15) is 0 Å². The second-order valence-corrected chi connectivity index (χ2v) is 4.27. The fourth-order valence-electron chi connectivity index (χ4n) is 1.89. The zero-order valence-electron chi connectivity index (χ0n) is 11.3. The van der Waals surface area contributed by atoms with E-state index in [2.05, 4.69) is 5.32 Å². The fourth-order valence-corrected chi connectivity index (χ4v) is 1.89. The van der Waals surface area contributed by atoms with E-state index in [9.17, 15) is 0 Å². The van der Waals surface area contributed by atoms with Crippen LogP contribution in [0.1, 0.15) is 0 Å². The van der Waals surface area contributed by atoms with Gasteiger partial charge in [0.1, 0.15) is 6.61 Å². The minimum absolute atomic E-state index is 0.153. The average molecular weight is 267 g/mol. The number of hydrogen-bond acceptors (Lipinski definition) is 5. The molecule has 1 aromatic carbocycles. The second-order valence-electron chi connectivity index (χ2n) is 4.27. The largest absolute Gasteiger partial charge is 0.493 e. The molecule has 1 fully saturated rings. The molecule has 1 atom stereocenters. The van der Waals surface area contributed by atoms with Crippen LogP contribution in [0, 0.1) is 0 Å². The molecule has 1 heterocycles. The lowest BCUT2D eigenvalue weighted by Gasteiger charge is -2.23. The summed E-state index contributed by atoms with van der Waals surface area (Å²) in [5.74, 6) is 1.52. The standard InChI is InChI=1S/C14H21NO4/c1-16-13-4-2-3-5-14(13)19-7-6-15-10-12-11-17-8-9-18-12/h2-5,12,15H,6-11H2,1H3. The van der Waals surface area contributed by atoms with Crippen molar-refractivity contribution in [3.05, 3.63) is 24.3 Å². The third kappa shape index (κ3) is 4.70. The summed E-state index contributed by atoms with van der Waals surface area (Å²) in [7, 11) is 1.64. The summed E-state index contributed by atoms with van der Waals surface area (Å²) in [6.45, 7) is 4.19. The summed E-state index contributed by atoms with van der Waals surface area (Å²) in [5.41, 5.74) is 0. The number of para-hydroxylation sites is 2. The lowest BCUT2D eigenvalue weighted by atomic mass is 10.3. The minimum Gasteiger partial charge on any atom is -0.493 e. The molecule has 0 aromatic heterocycles. The smallest absolute Gasteiger partial charge is 0.161 e. The molecule has 1 unspecified atom stereocenters. The molecule has 0 radical (unpaired) electrons. The molecule has 5 heteroatoms. The van der Waals surface area contributed by atoms with Gasteiger partial charge in [-0.3, -0.25) is 0 Å². The molecule has 1 aliphatic rings. The molecule has 1 aliphatic heterocycles. The lowest BCUT2D eigenvalue weighted by molar-refractivity contribution is -0.0864. The first-order valence-electron chi connectivity index (χ1n) is 6.56. The van der Waals surface area contributed by atoms with Crippen LogP contribution in [0.15, 0.2) is 24.3 Å². The van der Waals surface area contributed by atoms with Gasteiger partial charge >= 0.3 is 0 Å². The van der Waals surface area contributed by atoms with Crippen LogP contribution in [-0.4, -0.2) is 52.7 Å². The highest BCUT2D eigenvalue weighted by atomic mass is 16.6. The predicted octanol–water partition coefficient (Wildman–Crippen LogP) is 1.08. The maximum atomic E-state index is 5.66. The predicted molar refractivity (Wildman–Crippen MR) is 71.9 cm³/mol. The Labute approximate surface area is 113 Å². The van der Waals surface area contributed by atoms with Gasteiger partial charge in [-0.25, -0.2) is 0 Å².